The number of hydroxylamine groups is 1. The summed E-state index contributed by atoms with van der Waals surface area (Å²) in [6.07, 6.45) is 0.357. The highest BCUT2D eigenvalue weighted by Crippen LogP contribution is 2.06. The van der Waals surface area contributed by atoms with E-state index in [1.54, 1.807) is 29.2 Å². The molecule has 0 saturated carbocycles. The fourth-order valence-corrected chi connectivity index (χ4v) is 4.47. The Morgan fingerprint density at radius 1 is 0.625 bits per heavy atom. The second-order valence-electron chi connectivity index (χ2n) is 10.9. The van der Waals surface area contributed by atoms with Gasteiger partial charge in [0.1, 0.15) is 0 Å². The van der Waals surface area contributed by atoms with E-state index in [0.29, 0.717) is 6.42 Å². The molecule has 262 valence electrons. The first-order valence-electron chi connectivity index (χ1n) is 14.9. The predicted molar refractivity (Wildman–Crippen MR) is 169 cm³/mol. The average Bonchev–Trinajstić information content (AvgIpc) is 3.01. The van der Waals surface area contributed by atoms with Crippen LogP contribution in [0, 0.1) is 0 Å². The lowest BCUT2D eigenvalue weighted by molar-refractivity contribution is -0.143. The molecule has 0 aromatic heterocycles. The number of hydrogen-bond acceptors (Lipinski definition) is 11. The van der Waals surface area contributed by atoms with Crippen LogP contribution in [0.1, 0.15) is 16.7 Å². The van der Waals surface area contributed by atoms with Crippen LogP contribution in [0.25, 0.3) is 0 Å². The molecule has 8 N–H and O–H groups in total. The summed E-state index contributed by atoms with van der Waals surface area (Å²) in [4.78, 5) is 79.0. The van der Waals surface area contributed by atoms with E-state index < -0.39 is 67.9 Å². The fraction of sp³-hybridized carbons (Fsp3) is 0.419. The van der Waals surface area contributed by atoms with E-state index in [0.717, 1.165) is 26.5 Å². The molecule has 2 amide bonds. The van der Waals surface area contributed by atoms with Crippen LogP contribution < -0.4 is 16.5 Å². The number of nitrogens with two attached hydrogens (primary N) is 1. The third-order valence-corrected chi connectivity index (χ3v) is 6.83. The van der Waals surface area contributed by atoms with Gasteiger partial charge in [-0.15, -0.1) is 0 Å². The number of rotatable bonds is 24. The molecule has 0 aliphatic heterocycles. The van der Waals surface area contributed by atoms with Gasteiger partial charge in [0.2, 0.25) is 5.91 Å². The molecule has 2 aromatic rings. The minimum atomic E-state index is -1.24. The van der Waals surface area contributed by atoms with E-state index in [9.17, 15) is 28.8 Å². The lowest BCUT2D eigenvalue weighted by Crippen LogP contribution is -2.47. The Bertz CT molecular complexity index is 1290. The van der Waals surface area contributed by atoms with Gasteiger partial charge in [-0.2, -0.15) is 0 Å². The Balaban J connectivity index is 1.90. The third kappa shape index (κ3) is 17.1. The summed E-state index contributed by atoms with van der Waals surface area (Å²) in [7, 11) is 0. The summed E-state index contributed by atoms with van der Waals surface area (Å²) in [5.41, 5.74) is 10.7. The predicted octanol–water partition coefficient (Wildman–Crippen LogP) is -1.33. The molecule has 1 atom stereocenters. The first-order valence-corrected chi connectivity index (χ1v) is 14.9. The molecule has 0 aliphatic rings. The number of aliphatic carboxylic acids is 4. The summed E-state index contributed by atoms with van der Waals surface area (Å²) in [6.45, 7) is -2.16. The number of carbonyl (C=O) groups excluding carboxylic acids is 2. The molecule has 17 heteroatoms. The van der Waals surface area contributed by atoms with E-state index in [-0.39, 0.29) is 45.9 Å². The number of hydrogen-bond donors (Lipinski definition) is 7. The lowest BCUT2D eigenvalue weighted by atomic mass is 10.1. The van der Waals surface area contributed by atoms with Crippen molar-refractivity contribution in [2.45, 2.75) is 25.6 Å². The normalized spacial score (nSPS) is 11.8. The number of benzene rings is 2. The lowest BCUT2D eigenvalue weighted by Gasteiger charge is -2.28. The standard InChI is InChI=1S/C31H42N6O11/c32-25(14-22-4-2-1-3-5-22)31(47)34-48-21-24-8-6-23(7-9-24)15-33-26(38)16-35(10-12-36(17-27(39)40)18-28(41)42)11-13-37(19-29(43)44)20-30(45)46/h1-9,25H,10-21,32H2,(H,33,38)(H,34,47)(H,39,40)(H,41,42)(H,43,44)(H,45,46)/t25-/m1/s1. The van der Waals surface area contributed by atoms with Gasteiger partial charge in [0.05, 0.1) is 45.4 Å². The number of carbonyl (C=O) groups is 6. The Morgan fingerprint density at radius 2 is 1.08 bits per heavy atom. The topological polar surface area (TPSA) is 252 Å². The summed E-state index contributed by atoms with van der Waals surface area (Å²) in [5, 5.41) is 39.2. The maximum Gasteiger partial charge on any atom is 0.317 e. The van der Waals surface area contributed by atoms with Crippen LogP contribution in [-0.2, 0) is 53.2 Å². The molecule has 0 radical (unpaired) electrons. The van der Waals surface area contributed by atoms with E-state index in [1.165, 1.54) is 0 Å². The Morgan fingerprint density at radius 3 is 1.56 bits per heavy atom. The molecular formula is C31H42N6O11. The number of carboxylic acid groups (broad SMARTS) is 4. The minimum Gasteiger partial charge on any atom is -0.480 e. The van der Waals surface area contributed by atoms with Gasteiger partial charge in [0.25, 0.3) is 5.91 Å². The van der Waals surface area contributed by atoms with Crippen molar-refractivity contribution < 1.29 is 54.0 Å². The van der Waals surface area contributed by atoms with Gasteiger partial charge >= 0.3 is 23.9 Å². The van der Waals surface area contributed by atoms with Gasteiger partial charge in [-0.1, -0.05) is 54.6 Å². The molecule has 0 aliphatic carbocycles. The molecule has 2 rings (SSSR count). The van der Waals surface area contributed by atoms with Crippen molar-refractivity contribution in [3.05, 3.63) is 71.3 Å². The van der Waals surface area contributed by atoms with Gasteiger partial charge < -0.3 is 31.5 Å². The van der Waals surface area contributed by atoms with Crippen molar-refractivity contribution in [3.63, 3.8) is 0 Å². The zero-order valence-electron chi connectivity index (χ0n) is 26.3. The molecular weight excluding hydrogens is 632 g/mol. The van der Waals surface area contributed by atoms with Crippen molar-refractivity contribution in [1.82, 2.24) is 25.5 Å². The molecule has 0 saturated heterocycles. The maximum atomic E-state index is 12.8. The van der Waals surface area contributed by atoms with E-state index in [4.69, 9.17) is 31.0 Å². The Hall–Kier alpha value is -4.94. The third-order valence-electron chi connectivity index (χ3n) is 6.83. The van der Waals surface area contributed by atoms with Crippen LogP contribution >= 0.6 is 0 Å². The van der Waals surface area contributed by atoms with Gasteiger partial charge in [-0.25, -0.2) is 5.48 Å². The van der Waals surface area contributed by atoms with Gasteiger partial charge in [0.15, 0.2) is 0 Å². The summed E-state index contributed by atoms with van der Waals surface area (Å²) >= 11 is 0. The molecule has 0 unspecified atom stereocenters. The zero-order chi connectivity index (χ0) is 35.5. The quantitative estimate of drug-likeness (QED) is 0.0637. The number of carboxylic acids is 4. The summed E-state index contributed by atoms with van der Waals surface area (Å²) in [5.74, 6) is -5.83. The second-order valence-corrected chi connectivity index (χ2v) is 10.9. The van der Waals surface area contributed by atoms with Crippen LogP contribution in [0.2, 0.25) is 0 Å². The van der Waals surface area contributed by atoms with Crippen molar-refractivity contribution in [2.24, 2.45) is 5.73 Å². The summed E-state index contributed by atoms with van der Waals surface area (Å²) in [6, 6.07) is 15.6. The first kappa shape index (κ1) is 39.2. The van der Waals surface area contributed by atoms with Gasteiger partial charge in [-0.05, 0) is 23.1 Å². The van der Waals surface area contributed by atoms with Crippen LogP contribution in [0.3, 0.4) is 0 Å². The van der Waals surface area contributed by atoms with Crippen LogP contribution in [0.15, 0.2) is 54.6 Å². The van der Waals surface area contributed by atoms with Gasteiger partial charge in [-0.3, -0.25) is 48.3 Å². The smallest absolute Gasteiger partial charge is 0.317 e. The second kappa shape index (κ2) is 21.0. The SMILES string of the molecule is N[C@H](Cc1ccccc1)C(=O)NOCc1ccc(CNC(=O)CN(CCN(CC(=O)O)CC(=O)O)CCN(CC(=O)O)CC(=O)O)cc1. The molecule has 48 heavy (non-hydrogen) atoms. The molecule has 2 aromatic carbocycles. The fourth-order valence-electron chi connectivity index (χ4n) is 4.47. The molecule has 0 bridgehead atoms. The highest BCUT2D eigenvalue weighted by molar-refractivity contribution is 5.80. The van der Waals surface area contributed by atoms with Crippen LogP contribution in [-0.4, -0.2) is 136 Å². The maximum absolute atomic E-state index is 12.8. The zero-order valence-corrected chi connectivity index (χ0v) is 26.3. The number of nitrogens with zero attached hydrogens (tertiary/aromatic N) is 3. The van der Waals surface area contributed by atoms with Gasteiger partial charge in [0, 0.05) is 32.7 Å². The molecule has 0 spiro atoms. The van der Waals surface area contributed by atoms with Crippen LogP contribution in [0.4, 0.5) is 0 Å². The van der Waals surface area contributed by atoms with Crippen molar-refractivity contribution in [2.75, 3.05) is 58.9 Å². The highest BCUT2D eigenvalue weighted by atomic mass is 16.6. The Kier molecular flexibility index (Phi) is 17.2. The highest BCUT2D eigenvalue weighted by Gasteiger charge is 2.20. The average molecular weight is 675 g/mol. The number of amides is 2. The molecule has 0 heterocycles. The molecule has 17 nitrogen and oxygen atoms in total. The summed E-state index contributed by atoms with van der Waals surface area (Å²) < 4.78 is 0. The number of nitrogens with one attached hydrogen (secondary N) is 2. The minimum absolute atomic E-state index is 0.0350. The first-order chi connectivity index (χ1) is 22.8. The van der Waals surface area contributed by atoms with Crippen LogP contribution in [0.5, 0.6) is 0 Å². The van der Waals surface area contributed by atoms with Crippen molar-refractivity contribution in [3.8, 4) is 0 Å². The van der Waals surface area contributed by atoms with E-state index >= 15 is 0 Å². The Labute approximate surface area is 276 Å². The van der Waals surface area contributed by atoms with E-state index in [2.05, 4.69) is 10.8 Å². The van der Waals surface area contributed by atoms with Crippen molar-refractivity contribution in [1.29, 1.82) is 0 Å². The van der Waals surface area contributed by atoms with Crippen molar-refractivity contribution >= 4 is 35.7 Å². The van der Waals surface area contributed by atoms with E-state index in [1.807, 2.05) is 30.3 Å². The largest absolute Gasteiger partial charge is 0.480 e. The monoisotopic (exact) mass is 674 g/mol. The molecule has 0 fully saturated rings.